The van der Waals surface area contributed by atoms with Crippen molar-refractivity contribution in [1.29, 1.82) is 5.26 Å². The van der Waals surface area contributed by atoms with E-state index in [1.54, 1.807) is 18.3 Å². The van der Waals surface area contributed by atoms with E-state index in [4.69, 9.17) is 15.7 Å². The maximum absolute atomic E-state index is 13.1. The van der Waals surface area contributed by atoms with Gasteiger partial charge < -0.3 is 10.5 Å². The van der Waals surface area contributed by atoms with Crippen LogP contribution in [0.1, 0.15) is 16.8 Å². The molecule has 0 spiro atoms. The normalized spacial score (nSPS) is 9.95. The van der Waals surface area contributed by atoms with Gasteiger partial charge in [-0.15, -0.1) is 0 Å². The summed E-state index contributed by atoms with van der Waals surface area (Å²) in [5.74, 6) is 0.152. The molecule has 0 amide bonds. The second kappa shape index (κ2) is 5.94. The van der Waals surface area contributed by atoms with Gasteiger partial charge in [-0.1, -0.05) is 0 Å². The van der Waals surface area contributed by atoms with Gasteiger partial charge in [0.05, 0.1) is 23.5 Å². The van der Waals surface area contributed by atoms with Gasteiger partial charge in [0.1, 0.15) is 18.2 Å². The van der Waals surface area contributed by atoms with Crippen LogP contribution in [0.4, 0.5) is 4.39 Å². The molecule has 2 N–H and O–H groups in total. The third-order valence-electron chi connectivity index (χ3n) is 2.59. The number of nitriles is 1. The van der Waals surface area contributed by atoms with Crippen LogP contribution in [0.3, 0.4) is 0 Å². The summed E-state index contributed by atoms with van der Waals surface area (Å²) in [4.78, 5) is 4.08. The first-order valence-electron chi connectivity index (χ1n) is 5.69. The largest absolute Gasteiger partial charge is 0.487 e. The molecule has 0 saturated carbocycles. The zero-order chi connectivity index (χ0) is 13.7. The summed E-state index contributed by atoms with van der Waals surface area (Å²) >= 11 is 0. The van der Waals surface area contributed by atoms with Gasteiger partial charge in [0, 0.05) is 12.1 Å². The van der Waals surface area contributed by atoms with Crippen molar-refractivity contribution in [3.05, 3.63) is 59.2 Å². The van der Waals surface area contributed by atoms with Crippen molar-refractivity contribution in [2.75, 3.05) is 0 Å². The van der Waals surface area contributed by atoms with Crippen molar-refractivity contribution in [3.8, 4) is 11.8 Å². The van der Waals surface area contributed by atoms with Crippen LogP contribution >= 0.6 is 0 Å². The zero-order valence-corrected chi connectivity index (χ0v) is 10.1. The van der Waals surface area contributed by atoms with Crippen LogP contribution in [0.15, 0.2) is 36.5 Å². The Balaban J connectivity index is 2.09. The average Bonchev–Trinajstić information content (AvgIpc) is 2.46. The molecule has 2 rings (SSSR count). The van der Waals surface area contributed by atoms with Gasteiger partial charge >= 0.3 is 0 Å². The van der Waals surface area contributed by atoms with Gasteiger partial charge in [0.15, 0.2) is 0 Å². The molecule has 19 heavy (non-hydrogen) atoms. The van der Waals surface area contributed by atoms with Crippen LogP contribution < -0.4 is 10.5 Å². The molecule has 0 fully saturated rings. The van der Waals surface area contributed by atoms with Gasteiger partial charge in [0.2, 0.25) is 0 Å². The van der Waals surface area contributed by atoms with Crippen LogP contribution in [-0.2, 0) is 13.2 Å². The maximum Gasteiger partial charge on any atom is 0.138 e. The molecule has 96 valence electrons. The third kappa shape index (κ3) is 3.27. The lowest BCUT2D eigenvalue weighted by Gasteiger charge is -2.08. The minimum Gasteiger partial charge on any atom is -0.487 e. The molecule has 5 heteroatoms. The highest BCUT2D eigenvalue weighted by Crippen LogP contribution is 2.15. The standard InChI is InChI=1S/C14H12FN3O/c15-12-2-1-10(6-16)11(5-12)9-19-14-4-3-13(7-17)18-8-14/h1-5,8H,7,9,17H2. The molecule has 1 aromatic heterocycles. The lowest BCUT2D eigenvalue weighted by molar-refractivity contribution is 0.304. The summed E-state index contributed by atoms with van der Waals surface area (Å²) in [7, 11) is 0. The number of nitrogens with two attached hydrogens (primary N) is 1. The number of hydrogen-bond donors (Lipinski definition) is 1. The highest BCUT2D eigenvalue weighted by Gasteiger charge is 2.05. The molecular weight excluding hydrogens is 245 g/mol. The smallest absolute Gasteiger partial charge is 0.138 e. The minimum atomic E-state index is -0.394. The molecule has 1 aromatic carbocycles. The number of nitrogens with zero attached hydrogens (tertiary/aromatic N) is 2. The van der Waals surface area contributed by atoms with Crippen molar-refractivity contribution in [3.63, 3.8) is 0 Å². The molecule has 4 nitrogen and oxygen atoms in total. The van der Waals surface area contributed by atoms with E-state index in [0.717, 1.165) is 5.69 Å². The van der Waals surface area contributed by atoms with E-state index in [1.165, 1.54) is 18.2 Å². The Kier molecular flexibility index (Phi) is 4.06. The first-order chi connectivity index (χ1) is 9.22. The quantitative estimate of drug-likeness (QED) is 0.910. The van der Waals surface area contributed by atoms with E-state index in [-0.39, 0.29) is 6.61 Å². The van der Waals surface area contributed by atoms with Crippen LogP contribution in [0.5, 0.6) is 5.75 Å². The van der Waals surface area contributed by atoms with Crippen molar-refractivity contribution < 1.29 is 9.13 Å². The van der Waals surface area contributed by atoms with E-state index >= 15 is 0 Å². The molecule has 0 aliphatic heterocycles. The van der Waals surface area contributed by atoms with E-state index < -0.39 is 5.82 Å². The Morgan fingerprint density at radius 2 is 2.16 bits per heavy atom. The number of benzene rings is 1. The Labute approximate surface area is 110 Å². The van der Waals surface area contributed by atoms with Gasteiger partial charge in [-0.2, -0.15) is 5.26 Å². The first-order valence-corrected chi connectivity index (χ1v) is 5.69. The van der Waals surface area contributed by atoms with Crippen LogP contribution in [0.25, 0.3) is 0 Å². The summed E-state index contributed by atoms with van der Waals surface area (Å²) < 4.78 is 18.6. The van der Waals surface area contributed by atoms with Gasteiger partial charge in [-0.25, -0.2) is 4.39 Å². The number of halogens is 1. The molecule has 0 unspecified atom stereocenters. The maximum atomic E-state index is 13.1. The predicted octanol–water partition coefficient (Wildman–Crippen LogP) is 2.13. The van der Waals surface area contributed by atoms with E-state index in [0.29, 0.717) is 23.4 Å². The van der Waals surface area contributed by atoms with Crippen LogP contribution in [-0.4, -0.2) is 4.98 Å². The number of rotatable bonds is 4. The molecule has 0 radical (unpaired) electrons. The van der Waals surface area contributed by atoms with Gasteiger partial charge in [-0.05, 0) is 30.3 Å². The Morgan fingerprint density at radius 3 is 2.79 bits per heavy atom. The number of ether oxygens (including phenoxy) is 1. The van der Waals surface area contributed by atoms with Gasteiger partial charge in [0.25, 0.3) is 0 Å². The summed E-state index contributed by atoms with van der Waals surface area (Å²) in [6.45, 7) is 0.479. The second-order valence-corrected chi connectivity index (χ2v) is 3.89. The number of aromatic nitrogens is 1. The molecule has 1 heterocycles. The number of hydrogen-bond acceptors (Lipinski definition) is 4. The lowest BCUT2D eigenvalue weighted by Crippen LogP contribution is -2.02. The average molecular weight is 257 g/mol. The highest BCUT2D eigenvalue weighted by atomic mass is 19.1. The minimum absolute atomic E-state index is 0.115. The van der Waals surface area contributed by atoms with E-state index in [2.05, 4.69) is 4.98 Å². The van der Waals surface area contributed by atoms with E-state index in [9.17, 15) is 4.39 Å². The SMILES string of the molecule is N#Cc1ccc(F)cc1COc1ccc(CN)nc1. The summed E-state index contributed by atoms with van der Waals surface area (Å²) in [5.41, 5.74) is 7.10. The highest BCUT2D eigenvalue weighted by molar-refractivity contribution is 5.37. The fourth-order valence-corrected chi connectivity index (χ4v) is 1.57. The molecule has 0 atom stereocenters. The molecule has 2 aromatic rings. The van der Waals surface area contributed by atoms with E-state index in [1.807, 2.05) is 6.07 Å². The Morgan fingerprint density at radius 1 is 1.32 bits per heavy atom. The first kappa shape index (κ1) is 13.0. The molecular formula is C14H12FN3O. The predicted molar refractivity (Wildman–Crippen MR) is 67.6 cm³/mol. The Bertz CT molecular complexity index is 605. The topological polar surface area (TPSA) is 71.9 Å². The number of pyridine rings is 1. The lowest BCUT2D eigenvalue weighted by atomic mass is 10.1. The summed E-state index contributed by atoms with van der Waals surface area (Å²) in [6, 6.07) is 9.47. The molecule has 0 aliphatic carbocycles. The van der Waals surface area contributed by atoms with Crippen molar-refractivity contribution >= 4 is 0 Å². The fourth-order valence-electron chi connectivity index (χ4n) is 1.57. The zero-order valence-electron chi connectivity index (χ0n) is 10.1. The molecule has 0 aliphatic rings. The van der Waals surface area contributed by atoms with Crippen LogP contribution in [0, 0.1) is 17.1 Å². The van der Waals surface area contributed by atoms with Gasteiger partial charge in [-0.3, -0.25) is 4.98 Å². The monoisotopic (exact) mass is 257 g/mol. The van der Waals surface area contributed by atoms with Crippen molar-refractivity contribution in [2.45, 2.75) is 13.2 Å². The summed E-state index contributed by atoms with van der Waals surface area (Å²) in [5, 5.41) is 8.92. The Hall–Kier alpha value is -2.45. The van der Waals surface area contributed by atoms with Crippen molar-refractivity contribution in [1.82, 2.24) is 4.98 Å². The van der Waals surface area contributed by atoms with Crippen LogP contribution in [0.2, 0.25) is 0 Å². The summed E-state index contributed by atoms with van der Waals surface area (Å²) in [6.07, 6.45) is 1.55. The van der Waals surface area contributed by atoms with Crippen molar-refractivity contribution in [2.24, 2.45) is 5.73 Å². The molecule has 0 bridgehead atoms. The second-order valence-electron chi connectivity index (χ2n) is 3.89. The third-order valence-corrected chi connectivity index (χ3v) is 2.59. The molecule has 0 saturated heterocycles. The fraction of sp³-hybridized carbons (Fsp3) is 0.143.